The van der Waals surface area contributed by atoms with Crippen LogP contribution in [-0.2, 0) is 5.75 Å². The Morgan fingerprint density at radius 1 is 1.05 bits per heavy atom. The van der Waals surface area contributed by atoms with Crippen molar-refractivity contribution in [1.29, 1.82) is 0 Å². The second-order valence-electron chi connectivity index (χ2n) is 5.24. The Labute approximate surface area is 119 Å². The fraction of sp³-hybridized carbons (Fsp3) is 0.294. The quantitative estimate of drug-likeness (QED) is 0.831. The zero-order valence-corrected chi connectivity index (χ0v) is 12.0. The summed E-state index contributed by atoms with van der Waals surface area (Å²) in [5, 5.41) is 0.641. The molecule has 1 aliphatic heterocycles. The second-order valence-corrected chi connectivity index (χ2v) is 6.67. The van der Waals surface area contributed by atoms with Gasteiger partial charge in [0.1, 0.15) is 0 Å². The van der Waals surface area contributed by atoms with E-state index in [4.69, 9.17) is 5.73 Å². The third kappa shape index (κ3) is 2.70. The van der Waals surface area contributed by atoms with Crippen molar-refractivity contribution in [2.24, 2.45) is 5.73 Å². The molecule has 1 heterocycles. The maximum absolute atomic E-state index is 6.37. The molecule has 2 aromatic carbocycles. The van der Waals surface area contributed by atoms with E-state index >= 15 is 0 Å². The van der Waals surface area contributed by atoms with Gasteiger partial charge in [-0.2, -0.15) is 11.8 Å². The van der Waals surface area contributed by atoms with E-state index in [-0.39, 0.29) is 6.04 Å². The van der Waals surface area contributed by atoms with Crippen molar-refractivity contribution in [2.45, 2.75) is 30.4 Å². The summed E-state index contributed by atoms with van der Waals surface area (Å²) in [7, 11) is 0. The average molecular weight is 269 g/mol. The molecule has 98 valence electrons. The Kier molecular flexibility index (Phi) is 3.63. The fourth-order valence-corrected chi connectivity index (χ4v) is 3.74. The summed E-state index contributed by atoms with van der Waals surface area (Å²) < 4.78 is 0. The maximum Gasteiger partial charge on any atom is 0.0308 e. The van der Waals surface area contributed by atoms with Gasteiger partial charge in [0.15, 0.2) is 0 Å². The van der Waals surface area contributed by atoms with E-state index in [1.54, 1.807) is 0 Å². The first-order valence-corrected chi connectivity index (χ1v) is 7.84. The van der Waals surface area contributed by atoms with Crippen molar-refractivity contribution >= 4 is 11.8 Å². The minimum absolute atomic E-state index is 0.170. The molecule has 1 unspecified atom stereocenters. The molecule has 3 rings (SSSR count). The van der Waals surface area contributed by atoms with E-state index in [2.05, 4.69) is 55.5 Å². The van der Waals surface area contributed by atoms with Crippen LogP contribution in [0.4, 0.5) is 0 Å². The van der Waals surface area contributed by atoms with Crippen LogP contribution in [0.25, 0.3) is 11.1 Å². The molecule has 2 atom stereocenters. The number of nitrogens with two attached hydrogens (primary N) is 1. The van der Waals surface area contributed by atoms with Gasteiger partial charge in [-0.3, -0.25) is 0 Å². The average Bonchev–Trinajstić information content (AvgIpc) is 2.59. The zero-order chi connectivity index (χ0) is 13.2. The van der Waals surface area contributed by atoms with Crippen molar-refractivity contribution < 1.29 is 0 Å². The molecular formula is C17H19NS. The molecular weight excluding hydrogens is 250 g/mol. The van der Waals surface area contributed by atoms with Crippen LogP contribution in [0.2, 0.25) is 0 Å². The lowest BCUT2D eigenvalue weighted by molar-refractivity contribution is 0.651. The van der Waals surface area contributed by atoms with Gasteiger partial charge in [0.05, 0.1) is 0 Å². The van der Waals surface area contributed by atoms with Gasteiger partial charge in [0.25, 0.3) is 0 Å². The maximum atomic E-state index is 6.37. The first-order valence-electron chi connectivity index (χ1n) is 6.79. The lowest BCUT2D eigenvalue weighted by Gasteiger charge is -2.15. The van der Waals surface area contributed by atoms with Crippen molar-refractivity contribution in [2.75, 3.05) is 0 Å². The third-order valence-electron chi connectivity index (χ3n) is 3.76. The van der Waals surface area contributed by atoms with Crippen LogP contribution in [-0.4, -0.2) is 5.25 Å². The molecule has 0 radical (unpaired) electrons. The standard InChI is InChI=1S/C17H19NS/c1-12-9-17(18)16-10-14(7-8-15(16)11-19-12)13-5-3-2-4-6-13/h2-8,10,12,17H,9,11,18H2,1H3/t12?,17-/m0/s1. The summed E-state index contributed by atoms with van der Waals surface area (Å²) in [6.45, 7) is 2.27. The van der Waals surface area contributed by atoms with E-state index in [1.807, 2.05) is 11.8 Å². The highest BCUT2D eigenvalue weighted by atomic mass is 32.2. The van der Waals surface area contributed by atoms with Gasteiger partial charge in [0, 0.05) is 17.0 Å². The largest absolute Gasteiger partial charge is 0.324 e. The van der Waals surface area contributed by atoms with E-state index < -0.39 is 0 Å². The summed E-state index contributed by atoms with van der Waals surface area (Å²) in [5.74, 6) is 1.08. The molecule has 0 saturated heterocycles. The molecule has 0 aromatic heterocycles. The van der Waals surface area contributed by atoms with Gasteiger partial charge >= 0.3 is 0 Å². The smallest absolute Gasteiger partial charge is 0.0308 e. The molecule has 2 N–H and O–H groups in total. The van der Waals surface area contributed by atoms with Gasteiger partial charge in [-0.1, -0.05) is 49.4 Å². The summed E-state index contributed by atoms with van der Waals surface area (Å²) in [5.41, 5.74) is 11.6. The first kappa shape index (κ1) is 12.8. The molecule has 0 bridgehead atoms. The highest BCUT2D eigenvalue weighted by Gasteiger charge is 2.20. The number of hydrogen-bond donors (Lipinski definition) is 1. The van der Waals surface area contributed by atoms with Crippen LogP contribution in [0.3, 0.4) is 0 Å². The molecule has 1 nitrogen and oxygen atoms in total. The summed E-state index contributed by atoms with van der Waals surface area (Å²) in [6.07, 6.45) is 1.07. The highest BCUT2D eigenvalue weighted by molar-refractivity contribution is 7.99. The number of rotatable bonds is 1. The Morgan fingerprint density at radius 2 is 1.84 bits per heavy atom. The lowest BCUT2D eigenvalue weighted by atomic mass is 9.94. The van der Waals surface area contributed by atoms with Crippen molar-refractivity contribution in [3.8, 4) is 11.1 Å². The molecule has 0 aliphatic carbocycles. The second kappa shape index (κ2) is 5.40. The fourth-order valence-electron chi connectivity index (χ4n) is 2.67. The monoisotopic (exact) mass is 269 g/mol. The molecule has 0 spiro atoms. The summed E-state index contributed by atoms with van der Waals surface area (Å²) in [4.78, 5) is 0. The zero-order valence-electron chi connectivity index (χ0n) is 11.2. The van der Waals surface area contributed by atoms with Crippen LogP contribution in [0.1, 0.15) is 30.5 Å². The lowest BCUT2D eigenvalue weighted by Crippen LogP contribution is -2.14. The first-order chi connectivity index (χ1) is 9.24. The Morgan fingerprint density at radius 3 is 2.63 bits per heavy atom. The van der Waals surface area contributed by atoms with Gasteiger partial charge in [-0.15, -0.1) is 0 Å². The van der Waals surface area contributed by atoms with Crippen LogP contribution in [0, 0.1) is 0 Å². The normalized spacial score (nSPS) is 22.6. The van der Waals surface area contributed by atoms with E-state index in [1.165, 1.54) is 22.3 Å². The minimum atomic E-state index is 0.170. The molecule has 0 saturated carbocycles. The number of hydrogen-bond acceptors (Lipinski definition) is 2. The van der Waals surface area contributed by atoms with Crippen molar-refractivity contribution in [1.82, 2.24) is 0 Å². The molecule has 19 heavy (non-hydrogen) atoms. The van der Waals surface area contributed by atoms with E-state index in [0.717, 1.165) is 12.2 Å². The summed E-state index contributed by atoms with van der Waals surface area (Å²) >= 11 is 2.01. The molecule has 0 amide bonds. The Bertz CT molecular complexity index is 565. The van der Waals surface area contributed by atoms with Crippen LogP contribution in [0.15, 0.2) is 48.5 Å². The van der Waals surface area contributed by atoms with Crippen LogP contribution >= 0.6 is 11.8 Å². The van der Waals surface area contributed by atoms with E-state index in [0.29, 0.717) is 5.25 Å². The summed E-state index contributed by atoms with van der Waals surface area (Å²) in [6, 6.07) is 17.5. The van der Waals surface area contributed by atoms with Crippen molar-refractivity contribution in [3.63, 3.8) is 0 Å². The number of fused-ring (bicyclic) bond motifs is 1. The van der Waals surface area contributed by atoms with Gasteiger partial charge < -0.3 is 5.73 Å². The van der Waals surface area contributed by atoms with Crippen LogP contribution in [0.5, 0.6) is 0 Å². The highest BCUT2D eigenvalue weighted by Crippen LogP contribution is 2.35. The topological polar surface area (TPSA) is 26.0 Å². The Hall–Kier alpha value is -1.25. The molecule has 2 aromatic rings. The third-order valence-corrected chi connectivity index (χ3v) is 5.00. The van der Waals surface area contributed by atoms with Gasteiger partial charge in [-0.25, -0.2) is 0 Å². The molecule has 1 aliphatic rings. The number of thioether (sulfide) groups is 1. The van der Waals surface area contributed by atoms with Gasteiger partial charge in [0.2, 0.25) is 0 Å². The van der Waals surface area contributed by atoms with E-state index in [9.17, 15) is 0 Å². The SMILES string of the molecule is CC1C[C@H](N)c2cc(-c3ccccc3)ccc2CS1. The minimum Gasteiger partial charge on any atom is -0.324 e. The molecule has 2 heteroatoms. The van der Waals surface area contributed by atoms with Gasteiger partial charge in [-0.05, 0) is 34.7 Å². The Balaban J connectivity index is 2.02. The molecule has 0 fully saturated rings. The number of benzene rings is 2. The van der Waals surface area contributed by atoms with Crippen molar-refractivity contribution in [3.05, 3.63) is 59.7 Å². The predicted octanol–water partition coefficient (Wildman–Crippen LogP) is 4.38. The predicted molar refractivity (Wildman–Crippen MR) is 84.2 cm³/mol. The van der Waals surface area contributed by atoms with Crippen LogP contribution < -0.4 is 5.73 Å².